The van der Waals surface area contributed by atoms with E-state index < -0.39 is 16.1 Å². The highest BCUT2D eigenvalue weighted by Crippen LogP contribution is 2.38. The smallest absolute Gasteiger partial charge is 0.179 e. The third kappa shape index (κ3) is 7.96. The van der Waals surface area contributed by atoms with Crippen molar-refractivity contribution < 1.29 is 0 Å². The second-order valence-electron chi connectivity index (χ2n) is 21.4. The highest BCUT2D eigenvalue weighted by atomic mass is 28.3. The van der Waals surface area contributed by atoms with E-state index in [2.05, 4.69) is 343 Å². The van der Waals surface area contributed by atoms with Crippen molar-refractivity contribution in [3.8, 4) is 33.9 Å². The molecule has 0 amide bonds. The maximum absolute atomic E-state index is 5.90. The van der Waals surface area contributed by atoms with Gasteiger partial charge in [0.25, 0.3) is 0 Å². The molecule has 15 rings (SSSR count). The van der Waals surface area contributed by atoms with Crippen LogP contribution in [0.3, 0.4) is 0 Å². The minimum absolute atomic E-state index is 0.843. The van der Waals surface area contributed by atoms with Crippen LogP contribution < -0.4 is 41.5 Å². The zero-order chi connectivity index (χ0) is 54.5. The van der Waals surface area contributed by atoms with Gasteiger partial charge in [-0.1, -0.05) is 291 Å². The number of fused-ring (bicyclic) bond motifs is 6. The van der Waals surface area contributed by atoms with Crippen molar-refractivity contribution in [3.05, 3.63) is 334 Å². The molecule has 0 saturated heterocycles. The van der Waals surface area contributed by atoms with E-state index in [0.29, 0.717) is 0 Å². The Morgan fingerprint density at radius 2 is 0.488 bits per heavy atom. The number of para-hydroxylation sites is 3. The zero-order valence-corrected chi connectivity index (χ0v) is 47.1. The summed E-state index contributed by atoms with van der Waals surface area (Å²) in [6, 6.07) is 125. The van der Waals surface area contributed by atoms with Crippen LogP contribution in [0.25, 0.3) is 77.5 Å². The average molecular weight is 1080 g/mol. The molecule has 5 heteroatoms. The maximum Gasteiger partial charge on any atom is 0.179 e. The normalized spacial score (nSPS) is 11.9. The Bertz CT molecular complexity index is 4380. The topological polar surface area (TPSA) is 22.8 Å². The first-order chi connectivity index (χ1) is 40.7. The maximum atomic E-state index is 5.90. The molecule has 0 aliphatic rings. The molecule has 0 fully saturated rings. The van der Waals surface area contributed by atoms with Gasteiger partial charge in [0, 0.05) is 21.5 Å². The first kappa shape index (κ1) is 48.9. The first-order valence-corrected chi connectivity index (χ1v) is 32.3. The van der Waals surface area contributed by atoms with Crippen molar-refractivity contribution in [2.24, 2.45) is 0 Å². The van der Waals surface area contributed by atoms with Crippen molar-refractivity contribution in [1.82, 2.24) is 14.1 Å². The summed E-state index contributed by atoms with van der Waals surface area (Å²) >= 11 is 0. The zero-order valence-electron chi connectivity index (χ0n) is 45.1. The summed E-state index contributed by atoms with van der Waals surface area (Å²) in [5.41, 5.74) is 8.98. The molecular weight excluding hydrogens is 1020 g/mol. The van der Waals surface area contributed by atoms with E-state index in [1.165, 1.54) is 74.2 Å². The second kappa shape index (κ2) is 20.5. The lowest BCUT2D eigenvalue weighted by molar-refractivity contribution is 1.01. The van der Waals surface area contributed by atoms with Crippen molar-refractivity contribution in [3.63, 3.8) is 0 Å². The number of hydrogen-bond donors (Lipinski definition) is 0. The Hall–Kier alpha value is -10.2. The SMILES string of the molecule is c1ccc(-c2ccc3c(c2)c2ccccc2n3-c2cc(-c3cc([Si](c4ccccc4)(c4ccccc4)c4ccccc4)cc([Si](c4ccccc4)(c4ccccc4)c4ccccc4)c3)cc(-n3c4ccccc4c4ccccc43)n2)cc1. The van der Waals surface area contributed by atoms with Crippen LogP contribution in [-0.2, 0) is 0 Å². The predicted octanol–water partition coefficient (Wildman–Crippen LogP) is 13.4. The van der Waals surface area contributed by atoms with Gasteiger partial charge in [-0.15, -0.1) is 0 Å². The Morgan fingerprint density at radius 1 is 0.195 bits per heavy atom. The van der Waals surface area contributed by atoms with Gasteiger partial charge >= 0.3 is 0 Å². The van der Waals surface area contributed by atoms with Crippen molar-refractivity contribution >= 4 is 101 Å². The minimum atomic E-state index is -3.19. The largest absolute Gasteiger partial charge is 0.294 e. The van der Waals surface area contributed by atoms with Gasteiger partial charge in [-0.3, -0.25) is 9.13 Å². The molecule has 82 heavy (non-hydrogen) atoms. The molecule has 0 radical (unpaired) electrons. The molecule has 0 saturated carbocycles. The van der Waals surface area contributed by atoms with E-state index in [0.717, 1.165) is 44.8 Å². The lowest BCUT2D eigenvalue weighted by Gasteiger charge is -2.38. The van der Waals surface area contributed by atoms with Gasteiger partial charge in [-0.05, 0) is 106 Å². The number of benzene rings is 12. The summed E-state index contributed by atoms with van der Waals surface area (Å²) in [6.07, 6.45) is 0. The van der Waals surface area contributed by atoms with Crippen LogP contribution >= 0.6 is 0 Å². The van der Waals surface area contributed by atoms with Gasteiger partial charge in [-0.25, -0.2) is 4.98 Å². The standard InChI is InChI=1S/C77H55N3Si2/c1-8-28-56(29-9-1)57-48-49-75-71(52-57)70-44-24-27-47-74(70)80(75)77-54-59(53-76(78-77)79-72-45-25-22-42-68(72)69-43-23-26-46-73(69)79)58-50-66(81(60-30-10-2-11-31-60,61-32-12-3-13-33-61)62-34-14-4-15-35-62)55-67(51-58)82(63-36-16-5-17-37-63,64-38-18-6-19-39-64)65-40-20-7-21-41-65/h1-55H. The van der Waals surface area contributed by atoms with E-state index in [1.54, 1.807) is 0 Å². The van der Waals surface area contributed by atoms with Crippen LogP contribution in [0.4, 0.5) is 0 Å². The highest BCUT2D eigenvalue weighted by Gasteiger charge is 2.46. The first-order valence-electron chi connectivity index (χ1n) is 28.3. The van der Waals surface area contributed by atoms with Gasteiger partial charge in [0.2, 0.25) is 0 Å². The molecule has 3 nitrogen and oxygen atoms in total. The minimum Gasteiger partial charge on any atom is -0.294 e. The Kier molecular flexibility index (Phi) is 12.2. The molecule has 0 bridgehead atoms. The molecule has 0 atom stereocenters. The number of hydrogen-bond acceptors (Lipinski definition) is 1. The summed E-state index contributed by atoms with van der Waals surface area (Å²) in [5.74, 6) is 1.69. The summed E-state index contributed by atoms with van der Waals surface area (Å²) in [4.78, 5) is 5.90. The van der Waals surface area contributed by atoms with Gasteiger partial charge in [0.1, 0.15) is 11.6 Å². The number of nitrogens with zero attached hydrogens (tertiary/aromatic N) is 3. The van der Waals surface area contributed by atoms with Gasteiger partial charge in [-0.2, -0.15) is 0 Å². The van der Waals surface area contributed by atoms with Crippen LogP contribution in [0.15, 0.2) is 334 Å². The van der Waals surface area contributed by atoms with Crippen molar-refractivity contribution in [2.75, 3.05) is 0 Å². The molecule has 15 aromatic rings. The van der Waals surface area contributed by atoms with Crippen molar-refractivity contribution in [2.45, 2.75) is 0 Å². The predicted molar refractivity (Wildman–Crippen MR) is 351 cm³/mol. The van der Waals surface area contributed by atoms with E-state index in [1.807, 2.05) is 0 Å². The molecule has 0 spiro atoms. The molecule has 386 valence electrons. The quantitative estimate of drug-likeness (QED) is 0.0883. The van der Waals surface area contributed by atoms with Crippen LogP contribution in [0.2, 0.25) is 0 Å². The molecule has 12 aromatic carbocycles. The monoisotopic (exact) mass is 1080 g/mol. The fraction of sp³-hybridized carbons (Fsp3) is 0. The number of rotatable bonds is 12. The van der Waals surface area contributed by atoms with Crippen LogP contribution in [0.5, 0.6) is 0 Å². The molecule has 3 aromatic heterocycles. The van der Waals surface area contributed by atoms with E-state index in [-0.39, 0.29) is 0 Å². The fourth-order valence-corrected chi connectivity index (χ4v) is 23.2. The summed E-state index contributed by atoms with van der Waals surface area (Å²) in [6.45, 7) is 0. The molecule has 0 aliphatic heterocycles. The van der Waals surface area contributed by atoms with Gasteiger partial charge < -0.3 is 0 Å². The summed E-state index contributed by atoms with van der Waals surface area (Å²) in [5, 5.41) is 15.3. The summed E-state index contributed by atoms with van der Waals surface area (Å²) in [7, 11) is -6.39. The van der Waals surface area contributed by atoms with Gasteiger partial charge in [0.15, 0.2) is 16.1 Å². The Balaban J connectivity index is 1.12. The second-order valence-corrected chi connectivity index (χ2v) is 29.0. The number of pyridine rings is 1. The van der Waals surface area contributed by atoms with Crippen LogP contribution in [0.1, 0.15) is 0 Å². The molecule has 0 aliphatic carbocycles. The molecule has 0 N–H and O–H groups in total. The van der Waals surface area contributed by atoms with E-state index >= 15 is 0 Å². The van der Waals surface area contributed by atoms with Crippen molar-refractivity contribution in [1.29, 1.82) is 0 Å². The Labute approximate surface area is 480 Å². The van der Waals surface area contributed by atoms with Gasteiger partial charge in [0.05, 0.1) is 22.1 Å². The Morgan fingerprint density at radius 3 is 0.854 bits per heavy atom. The average Bonchev–Trinajstić information content (AvgIpc) is 2.04. The third-order valence-electron chi connectivity index (χ3n) is 17.0. The third-order valence-corrected chi connectivity index (χ3v) is 26.5. The lowest BCUT2D eigenvalue weighted by Crippen LogP contribution is -2.78. The van der Waals surface area contributed by atoms with E-state index in [4.69, 9.17) is 4.98 Å². The summed E-state index contributed by atoms with van der Waals surface area (Å²) < 4.78 is 4.79. The molecule has 3 heterocycles. The van der Waals surface area contributed by atoms with E-state index in [9.17, 15) is 0 Å². The number of aromatic nitrogens is 3. The molecule has 0 unspecified atom stereocenters. The molecular formula is C77H55N3Si2. The van der Waals surface area contributed by atoms with Crippen LogP contribution in [-0.4, -0.2) is 30.3 Å². The highest BCUT2D eigenvalue weighted by molar-refractivity contribution is 7.22. The van der Waals surface area contributed by atoms with Crippen LogP contribution in [0, 0.1) is 0 Å². The lowest BCUT2D eigenvalue weighted by atomic mass is 10.0. The fourth-order valence-electron chi connectivity index (χ4n) is 13.5.